The first-order valence-corrected chi connectivity index (χ1v) is 12.9. The Morgan fingerprint density at radius 2 is 1.77 bits per heavy atom. The Labute approximate surface area is 226 Å². The van der Waals surface area contributed by atoms with Crippen molar-refractivity contribution >= 4 is 22.4 Å². The van der Waals surface area contributed by atoms with Crippen molar-refractivity contribution in [3.8, 4) is 22.8 Å². The van der Waals surface area contributed by atoms with Crippen LogP contribution >= 0.6 is 0 Å². The molecule has 0 saturated heterocycles. The van der Waals surface area contributed by atoms with Gasteiger partial charge in [0.05, 0.1) is 49.9 Å². The number of methoxy groups -OCH3 is 2. The lowest BCUT2D eigenvalue weighted by Gasteiger charge is -2.26. The van der Waals surface area contributed by atoms with E-state index in [1.54, 1.807) is 32.7 Å². The Morgan fingerprint density at radius 1 is 1.00 bits per heavy atom. The molecule has 4 rings (SSSR count). The smallest absolute Gasteiger partial charge is 0.257 e. The van der Waals surface area contributed by atoms with Crippen molar-refractivity contribution in [2.24, 2.45) is 5.73 Å². The first kappa shape index (κ1) is 28.2. The Kier molecular flexibility index (Phi) is 9.26. The average molecular weight is 540 g/mol. The number of nitrogens with one attached hydrogen (secondary N) is 1. The maximum atomic E-state index is 13.2. The highest BCUT2D eigenvalue weighted by Gasteiger charge is 2.20. The van der Waals surface area contributed by atoms with Crippen LogP contribution in [0.1, 0.15) is 19.8 Å². The van der Waals surface area contributed by atoms with Crippen LogP contribution in [0, 0.1) is 0 Å². The minimum absolute atomic E-state index is 0.364. The number of rotatable bonds is 14. The van der Waals surface area contributed by atoms with Gasteiger partial charge in [-0.2, -0.15) is 5.10 Å². The lowest BCUT2D eigenvalue weighted by Crippen LogP contribution is -2.32. The Balaban J connectivity index is 1.64. The molecule has 2 heterocycles. The van der Waals surface area contributed by atoms with Crippen molar-refractivity contribution in [2.45, 2.75) is 32.2 Å². The van der Waals surface area contributed by atoms with E-state index < -0.39 is 5.92 Å². The molecular formula is C28H35F2N7O2. The topological polar surface area (TPSA) is 103 Å². The summed E-state index contributed by atoms with van der Waals surface area (Å²) in [5, 5.41) is 7.24. The SMILES string of the molecule is COc1cc(OC)cc(N(CCCNCC(C)(F)F)c2ccc3ncc(-c4cnn(CCCN)c4)nc3c2)c1. The Bertz CT molecular complexity index is 1350. The molecule has 0 fully saturated rings. The van der Waals surface area contributed by atoms with Crippen molar-refractivity contribution in [1.82, 2.24) is 25.1 Å². The van der Waals surface area contributed by atoms with Crippen molar-refractivity contribution in [2.75, 3.05) is 45.3 Å². The van der Waals surface area contributed by atoms with Gasteiger partial charge >= 0.3 is 0 Å². The molecule has 39 heavy (non-hydrogen) atoms. The summed E-state index contributed by atoms with van der Waals surface area (Å²) < 4.78 is 39.3. The van der Waals surface area contributed by atoms with Gasteiger partial charge in [0.1, 0.15) is 11.5 Å². The largest absolute Gasteiger partial charge is 0.497 e. The van der Waals surface area contributed by atoms with Gasteiger partial charge in [0.15, 0.2) is 0 Å². The third-order valence-corrected chi connectivity index (χ3v) is 6.18. The van der Waals surface area contributed by atoms with Gasteiger partial charge < -0.3 is 25.4 Å². The maximum absolute atomic E-state index is 13.2. The number of ether oxygens (including phenoxy) is 2. The molecule has 0 atom stereocenters. The first-order chi connectivity index (χ1) is 18.8. The average Bonchev–Trinajstić information content (AvgIpc) is 3.41. The molecule has 208 valence electrons. The van der Waals surface area contributed by atoms with Gasteiger partial charge in [-0.05, 0) is 44.1 Å². The first-order valence-electron chi connectivity index (χ1n) is 12.9. The minimum Gasteiger partial charge on any atom is -0.497 e. The highest BCUT2D eigenvalue weighted by Crippen LogP contribution is 2.34. The molecule has 0 aliphatic carbocycles. The summed E-state index contributed by atoms with van der Waals surface area (Å²) in [5.74, 6) is -1.46. The summed E-state index contributed by atoms with van der Waals surface area (Å²) in [6.45, 7) is 2.88. The normalized spacial score (nSPS) is 11.6. The van der Waals surface area contributed by atoms with Crippen LogP contribution in [0.3, 0.4) is 0 Å². The van der Waals surface area contributed by atoms with Gasteiger partial charge in [-0.15, -0.1) is 0 Å². The Morgan fingerprint density at radius 3 is 2.46 bits per heavy atom. The quantitative estimate of drug-likeness (QED) is 0.224. The third-order valence-electron chi connectivity index (χ3n) is 6.18. The molecule has 0 unspecified atom stereocenters. The number of fused-ring (bicyclic) bond motifs is 1. The van der Waals surface area contributed by atoms with Gasteiger partial charge in [0.25, 0.3) is 5.92 Å². The molecule has 2 aromatic heterocycles. The number of hydrogen-bond donors (Lipinski definition) is 2. The molecule has 0 amide bonds. The number of halogens is 2. The number of nitrogens with zero attached hydrogens (tertiary/aromatic N) is 5. The summed E-state index contributed by atoms with van der Waals surface area (Å²) in [4.78, 5) is 11.6. The molecular weight excluding hydrogens is 504 g/mol. The molecule has 0 aliphatic heterocycles. The van der Waals surface area contributed by atoms with Crippen molar-refractivity contribution in [3.63, 3.8) is 0 Å². The van der Waals surface area contributed by atoms with E-state index in [0.29, 0.717) is 37.6 Å². The molecule has 0 bridgehead atoms. The van der Waals surface area contributed by atoms with E-state index >= 15 is 0 Å². The molecule has 11 heteroatoms. The number of alkyl halides is 2. The molecule has 0 aliphatic rings. The van der Waals surface area contributed by atoms with Crippen molar-refractivity contribution in [1.29, 1.82) is 0 Å². The molecule has 0 saturated carbocycles. The van der Waals surface area contributed by atoms with E-state index in [4.69, 9.17) is 20.2 Å². The number of aromatic nitrogens is 4. The third kappa shape index (κ3) is 7.61. The van der Waals surface area contributed by atoms with Crippen LogP contribution in [0.5, 0.6) is 11.5 Å². The highest BCUT2D eigenvalue weighted by atomic mass is 19.3. The van der Waals surface area contributed by atoms with Crippen LogP contribution in [0.4, 0.5) is 20.2 Å². The molecule has 3 N–H and O–H groups in total. The van der Waals surface area contributed by atoms with E-state index in [9.17, 15) is 8.78 Å². The van der Waals surface area contributed by atoms with Gasteiger partial charge in [-0.3, -0.25) is 9.67 Å². The van der Waals surface area contributed by atoms with Crippen LogP contribution in [-0.4, -0.2) is 66.1 Å². The van der Waals surface area contributed by atoms with E-state index in [1.807, 2.05) is 41.2 Å². The summed E-state index contributed by atoms with van der Waals surface area (Å²) in [6.07, 6.45) is 6.93. The Hall–Kier alpha value is -3.83. The molecule has 2 aromatic carbocycles. The zero-order chi connectivity index (χ0) is 27.8. The summed E-state index contributed by atoms with van der Waals surface area (Å²) in [7, 11) is 3.20. The van der Waals surface area contributed by atoms with Gasteiger partial charge in [-0.1, -0.05) is 0 Å². The van der Waals surface area contributed by atoms with Crippen molar-refractivity contribution in [3.05, 3.63) is 55.0 Å². The highest BCUT2D eigenvalue weighted by molar-refractivity contribution is 5.82. The fraction of sp³-hybridized carbons (Fsp3) is 0.393. The van der Waals surface area contributed by atoms with Gasteiger partial charge in [-0.25, -0.2) is 13.8 Å². The van der Waals surface area contributed by atoms with Crippen LogP contribution in [0.2, 0.25) is 0 Å². The molecule has 0 spiro atoms. The standard InChI is InChI=1S/C28H35F2N7O2/c1-28(29,30)19-32-9-5-11-37(22-12-23(38-2)15-24(13-22)39-3)21-6-7-25-26(14-21)35-27(17-33-25)20-16-34-36(18-20)10-4-8-31/h6-7,12-18,32H,4-5,8-11,19,31H2,1-3H3. The lowest BCUT2D eigenvalue weighted by molar-refractivity contribution is 0.0229. The second-order valence-corrected chi connectivity index (χ2v) is 9.39. The number of benzene rings is 2. The number of aryl methyl sites for hydroxylation is 1. The molecule has 9 nitrogen and oxygen atoms in total. The van der Waals surface area contributed by atoms with Crippen LogP contribution in [0.15, 0.2) is 55.0 Å². The predicted octanol–water partition coefficient (Wildman–Crippen LogP) is 4.63. The van der Waals surface area contributed by atoms with Crippen LogP contribution < -0.4 is 25.4 Å². The second-order valence-electron chi connectivity index (χ2n) is 9.39. The van der Waals surface area contributed by atoms with Crippen LogP contribution in [-0.2, 0) is 6.54 Å². The molecule has 0 radical (unpaired) electrons. The maximum Gasteiger partial charge on any atom is 0.257 e. The monoisotopic (exact) mass is 539 g/mol. The number of nitrogens with two attached hydrogens (primary N) is 1. The van der Waals surface area contributed by atoms with E-state index in [1.165, 1.54) is 0 Å². The van der Waals surface area contributed by atoms with E-state index in [0.717, 1.165) is 53.6 Å². The fourth-order valence-corrected chi connectivity index (χ4v) is 4.20. The summed E-state index contributed by atoms with van der Waals surface area (Å²) >= 11 is 0. The number of hydrogen-bond acceptors (Lipinski definition) is 8. The predicted molar refractivity (Wildman–Crippen MR) is 149 cm³/mol. The van der Waals surface area contributed by atoms with Crippen LogP contribution in [0.25, 0.3) is 22.3 Å². The summed E-state index contributed by atoms with van der Waals surface area (Å²) in [6, 6.07) is 11.5. The lowest BCUT2D eigenvalue weighted by atomic mass is 10.1. The zero-order valence-corrected chi connectivity index (χ0v) is 22.5. The summed E-state index contributed by atoms with van der Waals surface area (Å²) in [5.41, 5.74) is 10.4. The number of anilines is 2. The fourth-order valence-electron chi connectivity index (χ4n) is 4.20. The van der Waals surface area contributed by atoms with E-state index in [-0.39, 0.29) is 6.54 Å². The van der Waals surface area contributed by atoms with Gasteiger partial charge in [0, 0.05) is 61.3 Å². The minimum atomic E-state index is -2.75. The molecule has 4 aromatic rings. The second kappa shape index (κ2) is 12.8. The van der Waals surface area contributed by atoms with Crippen molar-refractivity contribution < 1.29 is 18.3 Å². The van der Waals surface area contributed by atoms with E-state index in [2.05, 4.69) is 20.3 Å². The zero-order valence-electron chi connectivity index (χ0n) is 22.5. The van der Waals surface area contributed by atoms with Gasteiger partial charge in [0.2, 0.25) is 0 Å².